The molecule has 1 N–H and O–H groups in total. The van der Waals surface area contributed by atoms with Gasteiger partial charge in [0.25, 0.3) is 10.0 Å². The van der Waals surface area contributed by atoms with E-state index in [0.717, 1.165) is 39.3 Å². The number of nitrogens with one attached hydrogen (secondary N) is 1. The molecule has 0 amide bonds. The monoisotopic (exact) mass is 481 g/mol. The smallest absolute Gasteiger partial charge is 0.295 e. The summed E-state index contributed by atoms with van der Waals surface area (Å²) >= 11 is 1.45. The van der Waals surface area contributed by atoms with Gasteiger partial charge in [-0.15, -0.1) is 0 Å². The number of anilines is 1. The third-order valence-electron chi connectivity index (χ3n) is 5.64. The van der Waals surface area contributed by atoms with Gasteiger partial charge in [0.2, 0.25) is 0 Å². The average molecular weight is 482 g/mol. The first-order valence-electron chi connectivity index (χ1n) is 10.8. The van der Waals surface area contributed by atoms with Crippen LogP contribution >= 0.6 is 11.8 Å². The molecular formula is C25H27N3O3S2. The number of benzene rings is 3. The number of sulfonamides is 1. The molecule has 0 aliphatic rings. The highest BCUT2D eigenvalue weighted by Gasteiger charge is 2.19. The van der Waals surface area contributed by atoms with Crippen molar-refractivity contribution in [1.29, 1.82) is 0 Å². The van der Waals surface area contributed by atoms with Crippen LogP contribution in [0.25, 0.3) is 11.0 Å². The molecule has 0 aliphatic carbocycles. The van der Waals surface area contributed by atoms with Crippen LogP contribution in [0.4, 0.5) is 5.69 Å². The Kier molecular flexibility index (Phi) is 6.41. The molecule has 33 heavy (non-hydrogen) atoms. The maximum absolute atomic E-state index is 13.2. The lowest BCUT2D eigenvalue weighted by molar-refractivity contribution is 0.601. The van der Waals surface area contributed by atoms with Crippen molar-refractivity contribution < 1.29 is 8.42 Å². The SMILES string of the molecule is CCCc1ccc(S(=O)(=O)Nc2cc3c(cc2Sc2ccc(C)cc2)n(C)c(=O)n3C)cc1. The van der Waals surface area contributed by atoms with Crippen molar-refractivity contribution in [2.45, 2.75) is 41.4 Å². The number of hydrogen-bond donors (Lipinski definition) is 1. The second-order valence-corrected chi connectivity index (χ2v) is 11.0. The van der Waals surface area contributed by atoms with Crippen molar-refractivity contribution in [3.05, 3.63) is 82.3 Å². The highest BCUT2D eigenvalue weighted by molar-refractivity contribution is 7.99. The van der Waals surface area contributed by atoms with Crippen LogP contribution in [-0.4, -0.2) is 17.6 Å². The van der Waals surface area contributed by atoms with Gasteiger partial charge in [0.1, 0.15) is 0 Å². The molecule has 4 rings (SSSR count). The molecule has 0 saturated heterocycles. The van der Waals surface area contributed by atoms with E-state index in [0.29, 0.717) is 11.2 Å². The minimum Gasteiger partial charge on any atom is -0.295 e. The van der Waals surface area contributed by atoms with Gasteiger partial charge >= 0.3 is 5.69 Å². The minimum atomic E-state index is -3.81. The number of fused-ring (bicyclic) bond motifs is 1. The van der Waals surface area contributed by atoms with E-state index in [1.807, 2.05) is 49.4 Å². The van der Waals surface area contributed by atoms with Crippen LogP contribution < -0.4 is 10.4 Å². The first-order valence-corrected chi connectivity index (χ1v) is 13.1. The second kappa shape index (κ2) is 9.11. The Balaban J connectivity index is 1.79. The van der Waals surface area contributed by atoms with E-state index >= 15 is 0 Å². The van der Waals surface area contributed by atoms with Gasteiger partial charge in [-0.2, -0.15) is 0 Å². The molecule has 6 nitrogen and oxygen atoms in total. The summed E-state index contributed by atoms with van der Waals surface area (Å²) in [7, 11) is -0.411. The molecule has 172 valence electrons. The van der Waals surface area contributed by atoms with Crippen molar-refractivity contribution in [1.82, 2.24) is 9.13 Å². The summed E-state index contributed by atoms with van der Waals surface area (Å²) in [6.45, 7) is 4.11. The van der Waals surface area contributed by atoms with Crippen molar-refractivity contribution in [3.63, 3.8) is 0 Å². The standard InChI is InChI=1S/C25H27N3O3S2/c1-5-6-18-9-13-20(14-10-18)33(30,31)26-21-15-22-23(28(4)25(29)27(22)3)16-24(21)32-19-11-7-17(2)8-12-19/h7-16,26H,5-6H2,1-4H3. The van der Waals surface area contributed by atoms with Crippen LogP contribution in [0.3, 0.4) is 0 Å². The first-order chi connectivity index (χ1) is 15.7. The fourth-order valence-electron chi connectivity index (χ4n) is 3.75. The fourth-order valence-corrected chi connectivity index (χ4v) is 5.80. The van der Waals surface area contributed by atoms with E-state index in [1.165, 1.54) is 16.3 Å². The maximum Gasteiger partial charge on any atom is 0.328 e. The third kappa shape index (κ3) is 4.72. The number of hydrogen-bond acceptors (Lipinski definition) is 4. The van der Waals surface area contributed by atoms with E-state index in [1.54, 1.807) is 36.9 Å². The van der Waals surface area contributed by atoms with E-state index in [-0.39, 0.29) is 10.6 Å². The Hall–Kier alpha value is -2.97. The predicted molar refractivity (Wildman–Crippen MR) is 135 cm³/mol. The Bertz CT molecular complexity index is 1470. The molecule has 0 saturated carbocycles. The van der Waals surface area contributed by atoms with Gasteiger partial charge in [0.15, 0.2) is 0 Å². The normalized spacial score (nSPS) is 11.8. The molecule has 4 aromatic rings. The van der Waals surface area contributed by atoms with Gasteiger partial charge in [-0.1, -0.05) is 54.9 Å². The van der Waals surface area contributed by atoms with Crippen LogP contribution in [-0.2, 0) is 30.5 Å². The van der Waals surface area contributed by atoms with Gasteiger partial charge in [-0.3, -0.25) is 13.9 Å². The molecule has 1 heterocycles. The maximum atomic E-state index is 13.2. The largest absolute Gasteiger partial charge is 0.328 e. The van der Waals surface area contributed by atoms with E-state index < -0.39 is 10.0 Å². The summed E-state index contributed by atoms with van der Waals surface area (Å²) in [4.78, 5) is 14.4. The average Bonchev–Trinajstić information content (AvgIpc) is 2.99. The second-order valence-electron chi connectivity index (χ2n) is 8.15. The van der Waals surface area contributed by atoms with E-state index in [4.69, 9.17) is 0 Å². The summed E-state index contributed by atoms with van der Waals surface area (Å²) in [5, 5.41) is 0. The fraction of sp³-hybridized carbons (Fsp3) is 0.240. The summed E-state index contributed by atoms with van der Waals surface area (Å²) in [6.07, 6.45) is 1.91. The van der Waals surface area contributed by atoms with Crippen LogP contribution in [0.5, 0.6) is 0 Å². The lowest BCUT2D eigenvalue weighted by atomic mass is 10.1. The van der Waals surface area contributed by atoms with Crippen molar-refractivity contribution in [3.8, 4) is 0 Å². The Morgan fingerprint density at radius 3 is 2.12 bits per heavy atom. The topological polar surface area (TPSA) is 73.1 Å². The van der Waals surface area contributed by atoms with Gasteiger partial charge in [-0.25, -0.2) is 13.2 Å². The van der Waals surface area contributed by atoms with Crippen molar-refractivity contribution in [2.24, 2.45) is 14.1 Å². The summed E-state index contributed by atoms with van der Waals surface area (Å²) < 4.78 is 32.3. The quantitative estimate of drug-likeness (QED) is 0.399. The van der Waals surface area contributed by atoms with Crippen LogP contribution in [0, 0.1) is 6.92 Å². The number of rotatable bonds is 7. The van der Waals surface area contributed by atoms with Crippen molar-refractivity contribution in [2.75, 3.05) is 4.72 Å². The molecule has 1 aromatic heterocycles. The third-order valence-corrected chi connectivity index (χ3v) is 8.09. The molecule has 8 heteroatoms. The molecule has 0 atom stereocenters. The lowest BCUT2D eigenvalue weighted by Gasteiger charge is -2.14. The van der Waals surface area contributed by atoms with E-state index in [2.05, 4.69) is 11.6 Å². The number of aryl methyl sites for hydroxylation is 4. The molecule has 0 bridgehead atoms. The van der Waals surface area contributed by atoms with E-state index in [9.17, 15) is 13.2 Å². The van der Waals surface area contributed by atoms with Crippen LogP contribution in [0.2, 0.25) is 0 Å². The van der Waals surface area contributed by atoms with Gasteiger partial charge in [0.05, 0.1) is 21.6 Å². The van der Waals surface area contributed by atoms with Gasteiger partial charge in [-0.05, 0) is 55.3 Å². The highest BCUT2D eigenvalue weighted by atomic mass is 32.2. The zero-order valence-corrected chi connectivity index (χ0v) is 20.8. The molecule has 0 aliphatic heterocycles. The summed E-state index contributed by atoms with van der Waals surface area (Å²) in [5.41, 5.74) is 3.92. The zero-order valence-electron chi connectivity index (χ0n) is 19.1. The molecule has 0 radical (unpaired) electrons. The van der Waals surface area contributed by atoms with Crippen molar-refractivity contribution >= 4 is 38.5 Å². The highest BCUT2D eigenvalue weighted by Crippen LogP contribution is 2.37. The number of aromatic nitrogens is 2. The zero-order chi connectivity index (χ0) is 23.8. The van der Waals surface area contributed by atoms with Crippen LogP contribution in [0.15, 0.2) is 80.1 Å². The van der Waals surface area contributed by atoms with Gasteiger partial charge in [0, 0.05) is 23.9 Å². The predicted octanol–water partition coefficient (Wildman–Crippen LogP) is 5.09. The summed E-state index contributed by atoms with van der Waals surface area (Å²) in [5.74, 6) is 0. The Morgan fingerprint density at radius 2 is 1.52 bits per heavy atom. The van der Waals surface area contributed by atoms with Gasteiger partial charge < -0.3 is 0 Å². The van der Waals surface area contributed by atoms with Crippen LogP contribution in [0.1, 0.15) is 24.5 Å². The first kappa shape index (κ1) is 23.2. The number of imidazole rings is 1. The molecule has 3 aromatic carbocycles. The Morgan fingerprint density at radius 1 is 0.909 bits per heavy atom. The lowest BCUT2D eigenvalue weighted by Crippen LogP contribution is -2.19. The Labute approximate surface area is 198 Å². The molecule has 0 fully saturated rings. The molecule has 0 unspecified atom stereocenters. The molecular weight excluding hydrogens is 454 g/mol. The molecule has 0 spiro atoms. The number of nitrogens with zero attached hydrogens (tertiary/aromatic N) is 2. The minimum absolute atomic E-state index is 0.164. The summed E-state index contributed by atoms with van der Waals surface area (Å²) in [6, 6.07) is 18.6.